The molecule has 2 aromatic heterocycles. The summed E-state index contributed by atoms with van der Waals surface area (Å²) in [4.78, 5) is 0. The van der Waals surface area contributed by atoms with Gasteiger partial charge in [0.1, 0.15) is 0 Å². The molecule has 11 rings (SSSR count). The van der Waals surface area contributed by atoms with Crippen LogP contribution in [0.25, 0.3) is 66.1 Å². The molecule has 8 aromatic rings. The molecule has 0 atom stereocenters. The lowest BCUT2D eigenvalue weighted by Crippen LogP contribution is -2.59. The summed E-state index contributed by atoms with van der Waals surface area (Å²) in [6.07, 6.45) is 0. The Bertz CT molecular complexity index is 2560. The first-order valence-electron chi connectivity index (χ1n) is 15.0. The van der Waals surface area contributed by atoms with Crippen LogP contribution >= 0.6 is 0 Å². The quantitative estimate of drug-likeness (QED) is 0.181. The number of para-hydroxylation sites is 3. The van der Waals surface area contributed by atoms with Gasteiger partial charge in [-0.05, 0) is 69.0 Å². The van der Waals surface area contributed by atoms with E-state index in [1.54, 1.807) is 0 Å². The van der Waals surface area contributed by atoms with Crippen molar-refractivity contribution in [2.75, 3.05) is 0 Å². The van der Waals surface area contributed by atoms with Crippen molar-refractivity contribution in [3.05, 3.63) is 126 Å². The van der Waals surface area contributed by atoms with E-state index in [0.29, 0.717) is 0 Å². The second-order valence-electron chi connectivity index (χ2n) is 12.9. The van der Waals surface area contributed by atoms with Gasteiger partial charge in [0.25, 0.3) is 6.71 Å². The van der Waals surface area contributed by atoms with Crippen molar-refractivity contribution in [3.8, 4) is 22.5 Å². The van der Waals surface area contributed by atoms with Crippen LogP contribution in [0.1, 0.15) is 25.0 Å². The SMILES string of the molecule is CC1(C)c2ccccc2-c2cc3c(cc21)c1ccc2c4c1n3-c1ccccc1B4c1cccc3c4ccccc4n-2c13. The fourth-order valence-electron chi connectivity index (χ4n) is 8.98. The third-order valence-electron chi connectivity index (χ3n) is 10.7. The van der Waals surface area contributed by atoms with E-state index in [4.69, 9.17) is 0 Å². The summed E-state index contributed by atoms with van der Waals surface area (Å²) in [5.41, 5.74) is 17.7. The zero-order valence-electron chi connectivity index (χ0n) is 23.4. The van der Waals surface area contributed by atoms with Crippen LogP contribution in [0.15, 0.2) is 115 Å². The number of hydrogen-bond acceptors (Lipinski definition) is 0. The van der Waals surface area contributed by atoms with Crippen molar-refractivity contribution in [2.45, 2.75) is 19.3 Å². The number of benzene rings is 6. The third-order valence-corrected chi connectivity index (χ3v) is 10.7. The molecule has 3 heteroatoms. The molecule has 1 aliphatic carbocycles. The average molecular weight is 532 g/mol. The van der Waals surface area contributed by atoms with E-state index in [1.165, 1.54) is 93.6 Å². The number of rotatable bonds is 0. The van der Waals surface area contributed by atoms with E-state index in [1.807, 2.05) is 0 Å². The molecular formula is C39H25BN2. The molecule has 0 fully saturated rings. The Labute approximate surface area is 243 Å². The summed E-state index contributed by atoms with van der Waals surface area (Å²) >= 11 is 0. The van der Waals surface area contributed by atoms with Gasteiger partial charge in [-0.1, -0.05) is 98.8 Å². The maximum Gasteiger partial charge on any atom is 0.252 e. The zero-order valence-corrected chi connectivity index (χ0v) is 23.4. The van der Waals surface area contributed by atoms with Crippen LogP contribution in [0.5, 0.6) is 0 Å². The lowest BCUT2D eigenvalue weighted by molar-refractivity contribution is 0.661. The minimum Gasteiger partial charge on any atom is -0.310 e. The molecule has 2 aliphatic heterocycles. The molecule has 0 N–H and O–H groups in total. The molecule has 0 radical (unpaired) electrons. The highest BCUT2D eigenvalue weighted by Gasteiger charge is 2.41. The van der Waals surface area contributed by atoms with E-state index >= 15 is 0 Å². The zero-order chi connectivity index (χ0) is 27.5. The predicted octanol–water partition coefficient (Wildman–Crippen LogP) is 7.33. The topological polar surface area (TPSA) is 9.86 Å². The molecule has 3 aliphatic rings. The van der Waals surface area contributed by atoms with Gasteiger partial charge in [0.2, 0.25) is 0 Å². The number of hydrogen-bond donors (Lipinski definition) is 0. The number of aromatic nitrogens is 2. The van der Waals surface area contributed by atoms with E-state index in [0.717, 1.165) is 0 Å². The molecular weight excluding hydrogens is 507 g/mol. The summed E-state index contributed by atoms with van der Waals surface area (Å²) < 4.78 is 5.13. The van der Waals surface area contributed by atoms with E-state index < -0.39 is 0 Å². The highest BCUT2D eigenvalue weighted by molar-refractivity contribution is 7.00. The molecule has 42 heavy (non-hydrogen) atoms. The molecule has 2 nitrogen and oxygen atoms in total. The summed E-state index contributed by atoms with van der Waals surface area (Å²) in [6, 6.07) is 43.7. The Hall–Kier alpha value is -5.02. The maximum atomic E-state index is 2.58. The molecule has 0 saturated carbocycles. The molecule has 0 bridgehead atoms. The summed E-state index contributed by atoms with van der Waals surface area (Å²) in [5.74, 6) is 0. The number of fused-ring (bicyclic) bond motifs is 14. The molecule has 0 spiro atoms. The third kappa shape index (κ3) is 2.22. The van der Waals surface area contributed by atoms with Gasteiger partial charge in [0.15, 0.2) is 0 Å². The molecule has 4 heterocycles. The minimum absolute atomic E-state index is 0.0298. The van der Waals surface area contributed by atoms with Gasteiger partial charge in [0.05, 0.1) is 16.6 Å². The Morgan fingerprint density at radius 3 is 2.19 bits per heavy atom. The van der Waals surface area contributed by atoms with E-state index in [2.05, 4.69) is 138 Å². The lowest BCUT2D eigenvalue weighted by atomic mass is 9.34. The predicted molar refractivity (Wildman–Crippen MR) is 177 cm³/mol. The molecule has 0 saturated heterocycles. The van der Waals surface area contributed by atoms with Crippen molar-refractivity contribution >= 4 is 66.7 Å². The molecule has 6 aromatic carbocycles. The Morgan fingerprint density at radius 2 is 1.24 bits per heavy atom. The van der Waals surface area contributed by atoms with Gasteiger partial charge in [-0.25, -0.2) is 0 Å². The fourth-order valence-corrected chi connectivity index (χ4v) is 8.98. The standard InChI is InChI=1S/C39H25BN2/c1-39(2)28-13-5-3-10-22(28)26-21-35-27(20-29(26)39)25-18-19-34-36-38(25)42(35)33-17-8-6-14-30(33)40(36)31-15-9-12-24-23-11-4-7-16-32(23)41(34)37(24)31/h3-21H,1-2H3. The van der Waals surface area contributed by atoms with E-state index in [9.17, 15) is 0 Å². The second-order valence-corrected chi connectivity index (χ2v) is 12.9. The Morgan fingerprint density at radius 1 is 0.500 bits per heavy atom. The van der Waals surface area contributed by atoms with Crippen molar-refractivity contribution in [1.82, 2.24) is 9.13 Å². The summed E-state index contributed by atoms with van der Waals surface area (Å²) in [7, 11) is 0. The van der Waals surface area contributed by atoms with Gasteiger partial charge in [0, 0.05) is 43.9 Å². The Balaban J connectivity index is 1.37. The van der Waals surface area contributed by atoms with Crippen LogP contribution in [-0.4, -0.2) is 15.8 Å². The van der Waals surface area contributed by atoms with Crippen LogP contribution in [0.2, 0.25) is 0 Å². The summed E-state index contributed by atoms with van der Waals surface area (Å²) in [5, 5.41) is 5.37. The van der Waals surface area contributed by atoms with Crippen LogP contribution in [0.3, 0.4) is 0 Å². The fraction of sp³-hybridized carbons (Fsp3) is 0.0769. The first-order valence-corrected chi connectivity index (χ1v) is 15.0. The van der Waals surface area contributed by atoms with Crippen LogP contribution in [0, 0.1) is 0 Å². The van der Waals surface area contributed by atoms with Gasteiger partial charge >= 0.3 is 0 Å². The first-order chi connectivity index (χ1) is 20.6. The van der Waals surface area contributed by atoms with Crippen molar-refractivity contribution in [3.63, 3.8) is 0 Å². The van der Waals surface area contributed by atoms with Crippen LogP contribution in [-0.2, 0) is 5.41 Å². The monoisotopic (exact) mass is 532 g/mol. The smallest absolute Gasteiger partial charge is 0.252 e. The minimum atomic E-state index is -0.0298. The highest BCUT2D eigenvalue weighted by atomic mass is 15.0. The van der Waals surface area contributed by atoms with Gasteiger partial charge in [-0.2, -0.15) is 0 Å². The van der Waals surface area contributed by atoms with Crippen molar-refractivity contribution < 1.29 is 0 Å². The molecule has 194 valence electrons. The van der Waals surface area contributed by atoms with Crippen molar-refractivity contribution in [2.24, 2.45) is 0 Å². The Kier molecular flexibility index (Phi) is 3.56. The van der Waals surface area contributed by atoms with Crippen LogP contribution < -0.4 is 16.4 Å². The normalized spacial score (nSPS) is 15.0. The average Bonchev–Trinajstić information content (AvgIpc) is 3.62. The van der Waals surface area contributed by atoms with Gasteiger partial charge < -0.3 is 9.13 Å². The number of nitrogens with zero attached hydrogens (tertiary/aromatic N) is 2. The molecule has 0 amide bonds. The van der Waals surface area contributed by atoms with Gasteiger partial charge in [-0.15, -0.1) is 0 Å². The van der Waals surface area contributed by atoms with E-state index in [-0.39, 0.29) is 12.1 Å². The maximum absolute atomic E-state index is 2.58. The molecule has 0 unspecified atom stereocenters. The lowest BCUT2D eigenvalue weighted by Gasteiger charge is -2.33. The summed E-state index contributed by atoms with van der Waals surface area (Å²) in [6.45, 7) is 4.96. The highest BCUT2D eigenvalue weighted by Crippen LogP contribution is 2.51. The largest absolute Gasteiger partial charge is 0.310 e. The van der Waals surface area contributed by atoms with Crippen LogP contribution in [0.4, 0.5) is 0 Å². The first kappa shape index (κ1) is 21.7. The van der Waals surface area contributed by atoms with Crippen molar-refractivity contribution in [1.29, 1.82) is 0 Å². The van der Waals surface area contributed by atoms with Gasteiger partial charge in [-0.3, -0.25) is 0 Å². The second kappa shape index (κ2) is 6.88.